The highest BCUT2D eigenvalue weighted by molar-refractivity contribution is 9.10. The van der Waals surface area contributed by atoms with Crippen molar-refractivity contribution in [2.24, 2.45) is 0 Å². The van der Waals surface area contributed by atoms with E-state index in [-0.39, 0.29) is 11.7 Å². The van der Waals surface area contributed by atoms with Gasteiger partial charge in [0.2, 0.25) is 5.91 Å². The molecule has 98 valence electrons. The molecular weight excluding hydrogens is 318 g/mol. The van der Waals surface area contributed by atoms with Crippen LogP contribution < -0.4 is 5.32 Å². The highest BCUT2D eigenvalue weighted by Gasteiger charge is 2.28. The Labute approximate surface area is 118 Å². The first-order chi connectivity index (χ1) is 8.31. The van der Waals surface area contributed by atoms with Gasteiger partial charge < -0.3 is 10.4 Å². The molecule has 0 aliphatic rings. The maximum Gasteiger partial charge on any atom is 0.319 e. The molecule has 4 nitrogen and oxygen atoms in total. The number of nitrogens with one attached hydrogen (secondary N) is 1. The molecule has 0 saturated heterocycles. The number of amides is 1. The van der Waals surface area contributed by atoms with Crippen LogP contribution in [0.4, 0.5) is 5.69 Å². The van der Waals surface area contributed by atoms with Crippen LogP contribution in [0.15, 0.2) is 28.7 Å². The van der Waals surface area contributed by atoms with Crippen LogP contribution in [0.2, 0.25) is 0 Å². The van der Waals surface area contributed by atoms with Crippen molar-refractivity contribution in [3.05, 3.63) is 28.7 Å². The van der Waals surface area contributed by atoms with Gasteiger partial charge in [-0.3, -0.25) is 9.59 Å². The summed E-state index contributed by atoms with van der Waals surface area (Å²) < 4.78 is -0.0898. The summed E-state index contributed by atoms with van der Waals surface area (Å²) in [5, 5.41) is 11.6. The Morgan fingerprint density at radius 2 is 2.11 bits per heavy atom. The van der Waals surface area contributed by atoms with Crippen molar-refractivity contribution in [2.75, 3.05) is 11.1 Å². The van der Waals surface area contributed by atoms with Gasteiger partial charge in [0.25, 0.3) is 0 Å². The second-order valence-electron chi connectivity index (χ2n) is 4.16. The van der Waals surface area contributed by atoms with Gasteiger partial charge in [-0.25, -0.2) is 0 Å². The smallest absolute Gasteiger partial charge is 0.319 e. The van der Waals surface area contributed by atoms with Crippen molar-refractivity contribution >= 4 is 45.3 Å². The van der Waals surface area contributed by atoms with E-state index in [1.807, 2.05) is 12.1 Å². The molecule has 18 heavy (non-hydrogen) atoms. The molecule has 2 N–H and O–H groups in total. The van der Waals surface area contributed by atoms with Gasteiger partial charge in [-0.1, -0.05) is 22.0 Å². The highest BCUT2D eigenvalue weighted by Crippen LogP contribution is 2.24. The lowest BCUT2D eigenvalue weighted by molar-refractivity contribution is -0.138. The minimum absolute atomic E-state index is 0.103. The second kappa shape index (κ2) is 6.24. The van der Waals surface area contributed by atoms with E-state index in [2.05, 4.69) is 21.2 Å². The van der Waals surface area contributed by atoms with Crippen molar-refractivity contribution in [2.45, 2.75) is 18.6 Å². The molecule has 0 atom stereocenters. The number of hydrogen-bond donors (Lipinski definition) is 2. The fraction of sp³-hybridized carbons (Fsp3) is 0.333. The number of carbonyl (C=O) groups is 2. The molecule has 1 amide bonds. The number of anilines is 1. The van der Waals surface area contributed by atoms with E-state index < -0.39 is 10.7 Å². The zero-order chi connectivity index (χ0) is 13.8. The van der Waals surface area contributed by atoms with E-state index >= 15 is 0 Å². The van der Waals surface area contributed by atoms with Gasteiger partial charge in [-0.15, -0.1) is 11.8 Å². The maximum atomic E-state index is 11.7. The van der Waals surface area contributed by atoms with Crippen molar-refractivity contribution < 1.29 is 14.7 Å². The molecule has 1 aromatic carbocycles. The van der Waals surface area contributed by atoms with Gasteiger partial charge in [0.05, 0.1) is 5.75 Å². The Morgan fingerprint density at radius 3 is 2.67 bits per heavy atom. The zero-order valence-electron chi connectivity index (χ0n) is 10.1. The second-order valence-corrected chi connectivity index (χ2v) is 6.68. The summed E-state index contributed by atoms with van der Waals surface area (Å²) in [6.45, 7) is 3.15. The first-order valence-corrected chi connectivity index (χ1v) is 7.02. The number of thioether (sulfide) groups is 1. The third kappa shape index (κ3) is 4.70. The summed E-state index contributed by atoms with van der Waals surface area (Å²) in [7, 11) is 0. The number of carbonyl (C=O) groups excluding carboxylic acids is 1. The number of benzene rings is 1. The predicted molar refractivity (Wildman–Crippen MR) is 76.9 cm³/mol. The maximum absolute atomic E-state index is 11.7. The summed E-state index contributed by atoms with van der Waals surface area (Å²) in [5.41, 5.74) is 0.683. The normalized spacial score (nSPS) is 11.1. The highest BCUT2D eigenvalue weighted by atomic mass is 79.9. The van der Waals surface area contributed by atoms with E-state index in [1.165, 1.54) is 0 Å². The predicted octanol–water partition coefficient (Wildman–Crippen LogP) is 2.98. The number of hydrogen-bond acceptors (Lipinski definition) is 3. The van der Waals surface area contributed by atoms with Gasteiger partial charge in [-0.05, 0) is 32.0 Å². The summed E-state index contributed by atoms with van der Waals surface area (Å²) >= 11 is 4.40. The lowest BCUT2D eigenvalue weighted by Crippen LogP contribution is -2.29. The molecule has 0 aromatic heterocycles. The SMILES string of the molecule is CC(C)(SCC(=O)Nc1cccc(Br)c1)C(=O)O. The third-order valence-corrected chi connectivity index (χ3v) is 3.98. The van der Waals surface area contributed by atoms with Crippen LogP contribution in [0.25, 0.3) is 0 Å². The Hall–Kier alpha value is -1.01. The van der Waals surface area contributed by atoms with Crippen LogP contribution in [-0.4, -0.2) is 27.5 Å². The molecular formula is C12H14BrNO3S. The van der Waals surface area contributed by atoms with Crippen LogP contribution in [0.3, 0.4) is 0 Å². The Morgan fingerprint density at radius 1 is 1.44 bits per heavy atom. The number of halogens is 1. The first-order valence-electron chi connectivity index (χ1n) is 5.24. The number of aliphatic carboxylic acids is 1. The minimum Gasteiger partial charge on any atom is -0.480 e. The lowest BCUT2D eigenvalue weighted by Gasteiger charge is -2.17. The van der Waals surface area contributed by atoms with E-state index in [0.717, 1.165) is 16.2 Å². The molecule has 0 saturated carbocycles. The Balaban J connectivity index is 2.50. The molecule has 1 aromatic rings. The van der Waals surface area contributed by atoms with Gasteiger partial charge in [-0.2, -0.15) is 0 Å². The number of carboxylic acid groups (broad SMARTS) is 1. The topological polar surface area (TPSA) is 66.4 Å². The lowest BCUT2D eigenvalue weighted by atomic mass is 10.2. The monoisotopic (exact) mass is 331 g/mol. The number of rotatable bonds is 5. The van der Waals surface area contributed by atoms with Gasteiger partial charge in [0.15, 0.2) is 0 Å². The van der Waals surface area contributed by atoms with Gasteiger partial charge in [0.1, 0.15) is 4.75 Å². The fourth-order valence-corrected chi connectivity index (χ4v) is 2.16. The largest absolute Gasteiger partial charge is 0.480 e. The fourth-order valence-electron chi connectivity index (χ4n) is 1.07. The summed E-state index contributed by atoms with van der Waals surface area (Å²) in [4.78, 5) is 22.5. The van der Waals surface area contributed by atoms with Crippen molar-refractivity contribution in [1.29, 1.82) is 0 Å². The molecule has 0 aliphatic carbocycles. The third-order valence-electron chi connectivity index (χ3n) is 2.19. The van der Waals surface area contributed by atoms with Crippen LogP contribution in [0.1, 0.15) is 13.8 Å². The molecule has 0 heterocycles. The van der Waals surface area contributed by atoms with E-state index in [9.17, 15) is 9.59 Å². The van der Waals surface area contributed by atoms with E-state index in [1.54, 1.807) is 26.0 Å². The molecule has 0 unspecified atom stereocenters. The molecule has 0 spiro atoms. The summed E-state index contributed by atoms with van der Waals surface area (Å²) in [6.07, 6.45) is 0. The van der Waals surface area contributed by atoms with Gasteiger partial charge in [0, 0.05) is 10.2 Å². The van der Waals surface area contributed by atoms with E-state index in [4.69, 9.17) is 5.11 Å². The molecule has 0 bridgehead atoms. The van der Waals surface area contributed by atoms with Crippen LogP contribution in [-0.2, 0) is 9.59 Å². The average Bonchev–Trinajstić information content (AvgIpc) is 2.26. The molecule has 0 aliphatic heterocycles. The molecule has 6 heteroatoms. The first kappa shape index (κ1) is 15.0. The standard InChI is InChI=1S/C12H14BrNO3S/c1-12(2,11(16)17)18-7-10(15)14-9-5-3-4-8(13)6-9/h3-6H,7H2,1-2H3,(H,14,15)(H,16,17). The minimum atomic E-state index is -0.964. The van der Waals surface area contributed by atoms with Crippen LogP contribution in [0.5, 0.6) is 0 Å². The van der Waals surface area contributed by atoms with E-state index in [0.29, 0.717) is 5.69 Å². The zero-order valence-corrected chi connectivity index (χ0v) is 12.5. The summed E-state index contributed by atoms with van der Waals surface area (Å²) in [6, 6.07) is 7.23. The quantitative estimate of drug-likeness (QED) is 0.870. The Bertz CT molecular complexity index is 462. The number of carboxylic acids is 1. The van der Waals surface area contributed by atoms with Crippen molar-refractivity contribution in [3.63, 3.8) is 0 Å². The van der Waals surface area contributed by atoms with Crippen molar-refractivity contribution in [1.82, 2.24) is 0 Å². The average molecular weight is 332 g/mol. The van der Waals surface area contributed by atoms with Crippen molar-refractivity contribution in [3.8, 4) is 0 Å². The molecule has 0 fully saturated rings. The molecule has 0 radical (unpaired) electrons. The van der Waals surface area contributed by atoms with Crippen LogP contribution in [0, 0.1) is 0 Å². The summed E-state index contributed by atoms with van der Waals surface area (Å²) in [5.74, 6) is -1.04. The van der Waals surface area contributed by atoms with Crippen LogP contribution >= 0.6 is 27.7 Å². The molecule has 1 rings (SSSR count). The Kier molecular flexibility index (Phi) is 5.22. The van der Waals surface area contributed by atoms with Gasteiger partial charge >= 0.3 is 5.97 Å².